The van der Waals surface area contributed by atoms with E-state index in [1.54, 1.807) is 0 Å². The van der Waals surface area contributed by atoms with Crippen molar-refractivity contribution >= 4 is 5.97 Å². The largest absolute Gasteiger partial charge is 0.466 e. The highest BCUT2D eigenvalue weighted by Crippen LogP contribution is 2.00. The first kappa shape index (κ1) is 24.3. The molecule has 0 aromatic heterocycles. The van der Waals surface area contributed by atoms with E-state index in [0.29, 0.717) is 64.7 Å². The van der Waals surface area contributed by atoms with Crippen LogP contribution in [0.2, 0.25) is 0 Å². The number of hydrogen-bond acceptors (Lipinski definition) is 6. The monoisotopic (exact) mass is 362 g/mol. The molecule has 25 heavy (non-hydrogen) atoms. The molecule has 150 valence electrons. The smallest absolute Gasteiger partial charge is 0.308 e. The van der Waals surface area contributed by atoms with E-state index < -0.39 is 0 Å². The van der Waals surface area contributed by atoms with Crippen molar-refractivity contribution in [3.63, 3.8) is 0 Å². The summed E-state index contributed by atoms with van der Waals surface area (Å²) in [6, 6.07) is 0. The van der Waals surface area contributed by atoms with Gasteiger partial charge in [-0.15, -0.1) is 0 Å². The minimum absolute atomic E-state index is 0.203. The summed E-state index contributed by atoms with van der Waals surface area (Å²) < 4.78 is 26.7. The Morgan fingerprint density at radius 2 is 1.00 bits per heavy atom. The molecule has 0 spiro atoms. The third-order valence-corrected chi connectivity index (χ3v) is 3.36. The fraction of sp³-hybridized carbons (Fsp3) is 0.947. The van der Waals surface area contributed by atoms with E-state index in [-0.39, 0.29) is 12.4 Å². The molecule has 0 atom stereocenters. The molecule has 0 amide bonds. The summed E-state index contributed by atoms with van der Waals surface area (Å²) >= 11 is 0. The molecule has 0 saturated heterocycles. The van der Waals surface area contributed by atoms with Crippen molar-refractivity contribution in [2.75, 3.05) is 59.5 Å². The molecule has 0 bridgehead atoms. The summed E-state index contributed by atoms with van der Waals surface area (Å²) in [7, 11) is 0. The summed E-state index contributed by atoms with van der Waals surface area (Å²) in [5.74, 6) is 1.01. The van der Waals surface area contributed by atoms with Gasteiger partial charge < -0.3 is 23.7 Å². The van der Waals surface area contributed by atoms with Crippen LogP contribution in [0.3, 0.4) is 0 Å². The van der Waals surface area contributed by atoms with Crippen molar-refractivity contribution < 1.29 is 28.5 Å². The average Bonchev–Trinajstić information content (AvgIpc) is 2.54. The highest BCUT2D eigenvalue weighted by molar-refractivity contribution is 5.69. The summed E-state index contributed by atoms with van der Waals surface area (Å²) in [6.07, 6.45) is 2.27. The SMILES string of the molecule is CC(C)CCOCCOCCOCCOCCC(=O)OCCC(C)C. The van der Waals surface area contributed by atoms with Gasteiger partial charge in [-0.05, 0) is 24.7 Å². The summed E-state index contributed by atoms with van der Waals surface area (Å²) in [5.41, 5.74) is 0. The molecule has 0 heterocycles. The second-order valence-electron chi connectivity index (χ2n) is 6.79. The summed E-state index contributed by atoms with van der Waals surface area (Å²) in [4.78, 5) is 11.4. The Morgan fingerprint density at radius 3 is 1.48 bits per heavy atom. The first-order chi connectivity index (χ1) is 12.0. The minimum atomic E-state index is -0.203. The fourth-order valence-electron chi connectivity index (χ4n) is 1.72. The van der Waals surface area contributed by atoms with Crippen LogP contribution in [0.25, 0.3) is 0 Å². The van der Waals surface area contributed by atoms with Gasteiger partial charge in [0, 0.05) is 6.61 Å². The van der Waals surface area contributed by atoms with Crippen molar-refractivity contribution in [3.8, 4) is 0 Å². The minimum Gasteiger partial charge on any atom is -0.466 e. The second kappa shape index (κ2) is 18.1. The molecule has 0 aliphatic heterocycles. The third-order valence-electron chi connectivity index (χ3n) is 3.36. The van der Waals surface area contributed by atoms with E-state index in [1.165, 1.54) is 0 Å². The van der Waals surface area contributed by atoms with Crippen molar-refractivity contribution in [1.29, 1.82) is 0 Å². The Balaban J connectivity index is 3.12. The van der Waals surface area contributed by atoms with E-state index in [0.717, 1.165) is 19.4 Å². The van der Waals surface area contributed by atoms with Gasteiger partial charge in [0.2, 0.25) is 0 Å². The number of carbonyl (C=O) groups is 1. The van der Waals surface area contributed by atoms with Gasteiger partial charge >= 0.3 is 5.97 Å². The molecule has 6 nitrogen and oxygen atoms in total. The Kier molecular flexibility index (Phi) is 17.6. The predicted octanol–water partition coefficient (Wildman–Crippen LogP) is 3.08. The number of rotatable bonds is 18. The van der Waals surface area contributed by atoms with Crippen LogP contribution < -0.4 is 0 Å². The standard InChI is InChI=1S/C19H38O6/c1-17(2)5-8-21-11-13-23-15-16-24-14-12-22-9-7-19(20)25-10-6-18(3)4/h17-18H,5-16H2,1-4H3. The molecular formula is C19H38O6. The van der Waals surface area contributed by atoms with Crippen LogP contribution in [0.4, 0.5) is 0 Å². The summed E-state index contributed by atoms with van der Waals surface area (Å²) in [6.45, 7) is 13.5. The fourth-order valence-corrected chi connectivity index (χ4v) is 1.72. The van der Waals surface area contributed by atoms with E-state index in [2.05, 4.69) is 27.7 Å². The van der Waals surface area contributed by atoms with Gasteiger partial charge in [-0.2, -0.15) is 0 Å². The van der Waals surface area contributed by atoms with Crippen molar-refractivity contribution in [2.24, 2.45) is 11.8 Å². The molecule has 0 unspecified atom stereocenters. The molecule has 0 saturated carbocycles. The molecule has 0 fully saturated rings. The maximum atomic E-state index is 11.4. The molecule has 0 aliphatic carbocycles. The van der Waals surface area contributed by atoms with E-state index in [1.807, 2.05) is 0 Å². The molecule has 6 heteroatoms. The van der Waals surface area contributed by atoms with Gasteiger partial charge in [0.1, 0.15) is 0 Å². The predicted molar refractivity (Wildman–Crippen MR) is 97.8 cm³/mol. The van der Waals surface area contributed by atoms with Crippen molar-refractivity contribution in [1.82, 2.24) is 0 Å². The second-order valence-corrected chi connectivity index (χ2v) is 6.79. The zero-order valence-corrected chi connectivity index (χ0v) is 16.6. The van der Waals surface area contributed by atoms with E-state index in [9.17, 15) is 4.79 Å². The Hall–Kier alpha value is -0.690. The Morgan fingerprint density at radius 1 is 0.600 bits per heavy atom. The van der Waals surface area contributed by atoms with Crippen LogP contribution in [0, 0.1) is 11.8 Å². The number of ether oxygens (including phenoxy) is 5. The Bertz CT molecular complexity index is 294. The molecule has 0 aromatic carbocycles. The average molecular weight is 363 g/mol. The van der Waals surface area contributed by atoms with Gasteiger partial charge in [-0.3, -0.25) is 4.79 Å². The highest BCUT2D eigenvalue weighted by atomic mass is 16.6. The zero-order chi connectivity index (χ0) is 18.8. The van der Waals surface area contributed by atoms with Gasteiger partial charge in [0.25, 0.3) is 0 Å². The molecular weight excluding hydrogens is 324 g/mol. The molecule has 0 aromatic rings. The van der Waals surface area contributed by atoms with E-state index in [4.69, 9.17) is 23.7 Å². The Labute approximate surface area is 153 Å². The molecule has 0 N–H and O–H groups in total. The van der Waals surface area contributed by atoms with Crippen LogP contribution in [0.5, 0.6) is 0 Å². The number of carbonyl (C=O) groups excluding carboxylic acids is 1. The van der Waals surface area contributed by atoms with Gasteiger partial charge in [0.05, 0.1) is 59.3 Å². The van der Waals surface area contributed by atoms with Gasteiger partial charge in [0.15, 0.2) is 0 Å². The number of hydrogen-bond donors (Lipinski definition) is 0. The van der Waals surface area contributed by atoms with E-state index >= 15 is 0 Å². The highest BCUT2D eigenvalue weighted by Gasteiger charge is 2.03. The first-order valence-corrected chi connectivity index (χ1v) is 9.49. The molecule has 0 aliphatic rings. The maximum absolute atomic E-state index is 11.4. The first-order valence-electron chi connectivity index (χ1n) is 9.49. The van der Waals surface area contributed by atoms with Crippen LogP contribution in [-0.2, 0) is 28.5 Å². The lowest BCUT2D eigenvalue weighted by Gasteiger charge is -2.08. The van der Waals surface area contributed by atoms with Gasteiger partial charge in [-0.25, -0.2) is 0 Å². The van der Waals surface area contributed by atoms with Crippen LogP contribution in [-0.4, -0.2) is 65.4 Å². The topological polar surface area (TPSA) is 63.2 Å². The zero-order valence-electron chi connectivity index (χ0n) is 16.6. The van der Waals surface area contributed by atoms with Crippen molar-refractivity contribution in [3.05, 3.63) is 0 Å². The van der Waals surface area contributed by atoms with Crippen LogP contribution in [0.15, 0.2) is 0 Å². The lowest BCUT2D eigenvalue weighted by molar-refractivity contribution is -0.145. The molecule has 0 radical (unpaired) electrons. The van der Waals surface area contributed by atoms with Gasteiger partial charge in [-0.1, -0.05) is 27.7 Å². The lowest BCUT2D eigenvalue weighted by Crippen LogP contribution is -2.14. The normalized spacial score (nSPS) is 11.4. The summed E-state index contributed by atoms with van der Waals surface area (Å²) in [5, 5.41) is 0. The van der Waals surface area contributed by atoms with Crippen LogP contribution >= 0.6 is 0 Å². The molecule has 0 rings (SSSR count). The third kappa shape index (κ3) is 21.3. The quantitative estimate of drug-likeness (QED) is 0.276. The number of esters is 1. The van der Waals surface area contributed by atoms with Crippen molar-refractivity contribution in [2.45, 2.75) is 47.0 Å². The maximum Gasteiger partial charge on any atom is 0.308 e. The lowest BCUT2D eigenvalue weighted by atomic mass is 10.1. The van der Waals surface area contributed by atoms with Crippen LogP contribution in [0.1, 0.15) is 47.0 Å².